The Hall–Kier alpha value is -0.810. The maximum Gasteiger partial charge on any atom is 0.229 e. The summed E-state index contributed by atoms with van der Waals surface area (Å²) >= 11 is 6.01. The van der Waals surface area contributed by atoms with E-state index in [0.29, 0.717) is 18.2 Å². The van der Waals surface area contributed by atoms with Crippen molar-refractivity contribution >= 4 is 29.9 Å². The van der Waals surface area contributed by atoms with Crippen LogP contribution in [0.5, 0.6) is 0 Å². The average Bonchev–Trinajstić information content (AvgIpc) is 2.54. The second kappa shape index (κ2) is 10.1. The van der Waals surface area contributed by atoms with E-state index in [0.717, 1.165) is 37.9 Å². The normalized spacial score (nSPS) is 16.7. The molecule has 23 heavy (non-hydrogen) atoms. The Morgan fingerprint density at radius 1 is 1.43 bits per heavy atom. The molecule has 1 saturated heterocycles. The van der Waals surface area contributed by atoms with Crippen molar-refractivity contribution in [3.8, 4) is 0 Å². The van der Waals surface area contributed by atoms with Gasteiger partial charge in [0.15, 0.2) is 0 Å². The molecule has 1 amide bonds. The molecule has 1 aliphatic heterocycles. The van der Waals surface area contributed by atoms with Gasteiger partial charge in [0.1, 0.15) is 0 Å². The molecule has 1 aliphatic rings. The van der Waals surface area contributed by atoms with E-state index in [1.54, 1.807) is 0 Å². The number of piperidine rings is 1. The number of likely N-dealkylation sites (tertiary alicyclic amines) is 1. The Balaban J connectivity index is 0.00000264. The number of hydrogen-bond donors (Lipinski definition) is 1. The summed E-state index contributed by atoms with van der Waals surface area (Å²) in [7, 11) is 0. The van der Waals surface area contributed by atoms with E-state index in [1.165, 1.54) is 0 Å². The molecule has 0 aliphatic carbocycles. The van der Waals surface area contributed by atoms with Crippen molar-refractivity contribution in [2.75, 3.05) is 26.2 Å². The van der Waals surface area contributed by atoms with Gasteiger partial charge in [0.2, 0.25) is 5.91 Å². The highest BCUT2D eigenvalue weighted by Gasteiger charge is 2.27. The fraction of sp³-hybridized carbons (Fsp3) is 0.588. The van der Waals surface area contributed by atoms with Crippen molar-refractivity contribution in [1.29, 1.82) is 0 Å². The van der Waals surface area contributed by atoms with Crippen LogP contribution in [0.3, 0.4) is 0 Å². The van der Waals surface area contributed by atoms with Gasteiger partial charge in [-0.05, 0) is 50.4 Å². The van der Waals surface area contributed by atoms with Crippen molar-refractivity contribution in [3.63, 3.8) is 0 Å². The summed E-state index contributed by atoms with van der Waals surface area (Å²) in [4.78, 5) is 14.5. The Bertz CT molecular complexity index is 491. The van der Waals surface area contributed by atoms with Crippen LogP contribution in [0, 0.1) is 0 Å². The molecule has 0 saturated carbocycles. The highest BCUT2D eigenvalue weighted by atomic mass is 35.5. The number of rotatable bonds is 6. The van der Waals surface area contributed by atoms with E-state index < -0.39 is 0 Å². The first-order valence-electron chi connectivity index (χ1n) is 7.97. The number of carbonyl (C=O) groups is 1. The van der Waals surface area contributed by atoms with Crippen molar-refractivity contribution in [2.24, 2.45) is 5.73 Å². The molecule has 0 bridgehead atoms. The van der Waals surface area contributed by atoms with Gasteiger partial charge in [-0.25, -0.2) is 0 Å². The van der Waals surface area contributed by atoms with Crippen LogP contribution in [-0.4, -0.2) is 43.2 Å². The van der Waals surface area contributed by atoms with Crippen molar-refractivity contribution in [1.82, 2.24) is 4.90 Å². The summed E-state index contributed by atoms with van der Waals surface area (Å²) < 4.78 is 5.78. The van der Waals surface area contributed by atoms with Gasteiger partial charge in [0.05, 0.1) is 12.0 Å². The maximum atomic E-state index is 12.6. The number of ether oxygens (including phenoxy) is 1. The predicted octanol–water partition coefficient (Wildman–Crippen LogP) is 3.22. The largest absolute Gasteiger partial charge is 0.378 e. The fourth-order valence-corrected chi connectivity index (χ4v) is 2.97. The van der Waals surface area contributed by atoms with Gasteiger partial charge in [-0.1, -0.05) is 23.7 Å². The van der Waals surface area contributed by atoms with Gasteiger partial charge >= 0.3 is 0 Å². The van der Waals surface area contributed by atoms with Gasteiger partial charge in [-0.2, -0.15) is 0 Å². The molecule has 1 aromatic rings. The van der Waals surface area contributed by atoms with Crippen LogP contribution < -0.4 is 5.73 Å². The lowest BCUT2D eigenvalue weighted by atomic mass is 9.98. The number of nitrogens with two attached hydrogens (primary N) is 1. The minimum absolute atomic E-state index is 0. The molecule has 1 heterocycles. The minimum atomic E-state index is -0.159. The molecule has 1 aromatic carbocycles. The maximum absolute atomic E-state index is 12.6. The third-order valence-corrected chi connectivity index (χ3v) is 4.41. The van der Waals surface area contributed by atoms with Crippen molar-refractivity contribution in [2.45, 2.75) is 38.2 Å². The van der Waals surface area contributed by atoms with Crippen molar-refractivity contribution < 1.29 is 9.53 Å². The van der Waals surface area contributed by atoms with Crippen LogP contribution in [-0.2, 0) is 9.53 Å². The molecular weight excluding hydrogens is 335 g/mol. The van der Waals surface area contributed by atoms with Gasteiger partial charge in [-0.15, -0.1) is 12.4 Å². The van der Waals surface area contributed by atoms with E-state index >= 15 is 0 Å². The van der Waals surface area contributed by atoms with Crippen LogP contribution in [0.25, 0.3) is 0 Å². The zero-order valence-corrected chi connectivity index (χ0v) is 15.1. The second-order valence-electron chi connectivity index (χ2n) is 5.81. The number of hydrogen-bond acceptors (Lipinski definition) is 3. The molecule has 1 atom stereocenters. The Morgan fingerprint density at radius 2 is 2.13 bits per heavy atom. The molecule has 1 unspecified atom stereocenters. The van der Waals surface area contributed by atoms with Gasteiger partial charge in [0, 0.05) is 24.7 Å². The van der Waals surface area contributed by atoms with E-state index in [4.69, 9.17) is 22.1 Å². The van der Waals surface area contributed by atoms with Gasteiger partial charge in [0.25, 0.3) is 0 Å². The van der Waals surface area contributed by atoms with E-state index in [9.17, 15) is 4.79 Å². The smallest absolute Gasteiger partial charge is 0.229 e. The zero-order chi connectivity index (χ0) is 15.9. The SMILES string of the molecule is CC(C(=O)N1CCC(OCCCN)CC1)c1cccc(Cl)c1.Cl. The van der Waals surface area contributed by atoms with Crippen LogP contribution in [0.1, 0.15) is 37.7 Å². The molecular formula is C17H26Cl2N2O2. The van der Waals surface area contributed by atoms with Crippen molar-refractivity contribution in [3.05, 3.63) is 34.9 Å². The monoisotopic (exact) mass is 360 g/mol. The number of carbonyl (C=O) groups excluding carboxylic acids is 1. The third-order valence-electron chi connectivity index (χ3n) is 4.17. The summed E-state index contributed by atoms with van der Waals surface area (Å²) in [6.45, 7) is 4.84. The molecule has 130 valence electrons. The highest BCUT2D eigenvalue weighted by Crippen LogP contribution is 2.23. The average molecular weight is 361 g/mol. The topological polar surface area (TPSA) is 55.6 Å². The minimum Gasteiger partial charge on any atom is -0.378 e. The first-order valence-corrected chi connectivity index (χ1v) is 8.35. The predicted molar refractivity (Wildman–Crippen MR) is 96.3 cm³/mol. The van der Waals surface area contributed by atoms with E-state index in [1.807, 2.05) is 36.1 Å². The molecule has 2 N–H and O–H groups in total. The summed E-state index contributed by atoms with van der Waals surface area (Å²) in [5.74, 6) is 0.0103. The van der Waals surface area contributed by atoms with Crippen LogP contribution in [0.2, 0.25) is 5.02 Å². The zero-order valence-electron chi connectivity index (χ0n) is 13.5. The Labute approximate surface area is 149 Å². The third kappa shape index (κ3) is 5.96. The molecule has 0 radical (unpaired) electrons. The number of amides is 1. The standard InChI is InChI=1S/C17H25ClN2O2.ClH/c1-13(14-4-2-5-15(18)12-14)17(21)20-9-6-16(7-10-20)22-11-3-8-19;/h2,4-5,12-13,16H,3,6-11,19H2,1H3;1H. The lowest BCUT2D eigenvalue weighted by molar-refractivity contribution is -0.135. The van der Waals surface area contributed by atoms with Crippen LogP contribution >= 0.6 is 24.0 Å². The van der Waals surface area contributed by atoms with Crippen LogP contribution in [0.15, 0.2) is 24.3 Å². The number of nitrogens with zero attached hydrogens (tertiary/aromatic N) is 1. The Morgan fingerprint density at radius 3 is 2.74 bits per heavy atom. The quantitative estimate of drug-likeness (QED) is 0.792. The van der Waals surface area contributed by atoms with E-state index in [2.05, 4.69) is 0 Å². The molecule has 0 aromatic heterocycles. The summed E-state index contributed by atoms with van der Waals surface area (Å²) in [5.41, 5.74) is 6.43. The first kappa shape index (κ1) is 20.2. The lowest BCUT2D eigenvalue weighted by Crippen LogP contribution is -2.42. The summed E-state index contributed by atoms with van der Waals surface area (Å²) in [5, 5.41) is 0.671. The van der Waals surface area contributed by atoms with Crippen LogP contribution in [0.4, 0.5) is 0 Å². The molecule has 6 heteroatoms. The second-order valence-corrected chi connectivity index (χ2v) is 6.25. The molecule has 0 spiro atoms. The lowest BCUT2D eigenvalue weighted by Gasteiger charge is -2.33. The Kier molecular flexibility index (Phi) is 8.92. The molecule has 1 fully saturated rings. The molecule has 4 nitrogen and oxygen atoms in total. The number of benzene rings is 1. The van der Waals surface area contributed by atoms with Gasteiger partial charge in [-0.3, -0.25) is 4.79 Å². The van der Waals surface area contributed by atoms with Gasteiger partial charge < -0.3 is 15.4 Å². The van der Waals surface area contributed by atoms with E-state index in [-0.39, 0.29) is 30.3 Å². The highest BCUT2D eigenvalue weighted by molar-refractivity contribution is 6.30. The summed E-state index contributed by atoms with van der Waals surface area (Å²) in [6, 6.07) is 7.54. The first-order chi connectivity index (χ1) is 10.6. The summed E-state index contributed by atoms with van der Waals surface area (Å²) in [6.07, 6.45) is 2.96. The molecule has 2 rings (SSSR count). The fourth-order valence-electron chi connectivity index (χ4n) is 2.77. The number of halogens is 2.